The van der Waals surface area contributed by atoms with Gasteiger partial charge in [0.25, 0.3) is 5.17 Å². The lowest BCUT2D eigenvalue weighted by Crippen LogP contribution is -2.36. The number of ether oxygens (including phenoxy) is 1. The molecule has 1 fully saturated rings. The van der Waals surface area contributed by atoms with Crippen LogP contribution in [-0.2, 0) is 4.74 Å². The Morgan fingerprint density at radius 1 is 1.37 bits per heavy atom. The fraction of sp³-hybridized carbons (Fsp3) is 0.733. The molecule has 4 heteroatoms. The van der Waals surface area contributed by atoms with Crippen LogP contribution in [0.3, 0.4) is 0 Å². The summed E-state index contributed by atoms with van der Waals surface area (Å²) in [5.74, 6) is 1.34. The van der Waals surface area contributed by atoms with Crippen molar-refractivity contribution >= 4 is 17.4 Å². The summed E-state index contributed by atoms with van der Waals surface area (Å²) in [5.41, 5.74) is 0.393. The number of hydrogen-bond acceptors (Lipinski definition) is 3. The third-order valence-corrected chi connectivity index (χ3v) is 4.59. The third-order valence-electron chi connectivity index (χ3n) is 4.28. The second-order valence-corrected chi connectivity index (χ2v) is 7.09. The molecule has 1 saturated carbocycles. The van der Waals surface area contributed by atoms with Crippen LogP contribution >= 0.6 is 12.2 Å². The molecule has 3 atom stereocenters. The first-order valence-corrected chi connectivity index (χ1v) is 7.47. The van der Waals surface area contributed by atoms with Gasteiger partial charge < -0.3 is 4.74 Å². The second kappa shape index (κ2) is 5.61. The van der Waals surface area contributed by atoms with E-state index in [2.05, 4.69) is 32.7 Å². The molecule has 0 radical (unpaired) electrons. The molecule has 19 heavy (non-hydrogen) atoms. The molecule has 0 spiro atoms. The summed E-state index contributed by atoms with van der Waals surface area (Å²) >= 11 is 5.31. The van der Waals surface area contributed by atoms with Crippen molar-refractivity contribution in [1.82, 2.24) is 9.55 Å². The smallest absolute Gasteiger partial charge is 0.269 e. The summed E-state index contributed by atoms with van der Waals surface area (Å²) in [6.45, 7) is 9.28. The average molecular weight is 280 g/mol. The number of hydrogen-bond donors (Lipinski definition) is 0. The van der Waals surface area contributed by atoms with Gasteiger partial charge in [-0.2, -0.15) is 0 Å². The van der Waals surface area contributed by atoms with E-state index >= 15 is 0 Å². The topological polar surface area (TPSA) is 27.1 Å². The van der Waals surface area contributed by atoms with E-state index < -0.39 is 0 Å². The predicted octanol–water partition coefficient (Wildman–Crippen LogP) is 3.88. The van der Waals surface area contributed by atoms with E-state index in [4.69, 9.17) is 17.0 Å². The highest BCUT2D eigenvalue weighted by molar-refractivity contribution is 7.80. The van der Waals surface area contributed by atoms with Gasteiger partial charge in [0.1, 0.15) is 12.4 Å². The highest BCUT2D eigenvalue weighted by Gasteiger charge is 2.35. The number of imidazole rings is 1. The molecule has 2 rings (SSSR count). The molecule has 0 unspecified atom stereocenters. The minimum atomic E-state index is 0.244. The predicted molar refractivity (Wildman–Crippen MR) is 81.1 cm³/mol. The van der Waals surface area contributed by atoms with Gasteiger partial charge in [-0.1, -0.05) is 27.7 Å². The third kappa shape index (κ3) is 3.56. The van der Waals surface area contributed by atoms with Gasteiger partial charge in [-0.15, -0.1) is 0 Å². The van der Waals surface area contributed by atoms with Gasteiger partial charge >= 0.3 is 0 Å². The SMILES string of the molecule is C[C@H]1C[C@H](C(C)(C)C)CC[C@@H]1OC(=S)n1ccnc1. The van der Waals surface area contributed by atoms with Crippen LogP contribution in [0.25, 0.3) is 0 Å². The van der Waals surface area contributed by atoms with Crippen molar-refractivity contribution in [2.45, 2.75) is 53.1 Å². The van der Waals surface area contributed by atoms with E-state index in [9.17, 15) is 0 Å². The first kappa shape index (κ1) is 14.5. The van der Waals surface area contributed by atoms with Crippen molar-refractivity contribution in [2.75, 3.05) is 0 Å². The monoisotopic (exact) mass is 280 g/mol. The summed E-state index contributed by atoms with van der Waals surface area (Å²) < 4.78 is 7.73. The van der Waals surface area contributed by atoms with Crippen LogP contribution in [0.5, 0.6) is 0 Å². The number of aromatic nitrogens is 2. The standard InChI is InChI=1S/C15H24N2OS/c1-11-9-12(15(2,3)4)5-6-13(11)18-14(19)17-8-7-16-10-17/h7-8,10-13H,5-6,9H2,1-4H3/t11-,12+,13-/m0/s1. The fourth-order valence-corrected chi connectivity index (χ4v) is 3.12. The van der Waals surface area contributed by atoms with Crippen LogP contribution in [0.4, 0.5) is 0 Å². The second-order valence-electron chi connectivity index (χ2n) is 6.75. The molecule has 1 aromatic rings. The van der Waals surface area contributed by atoms with E-state index in [1.807, 2.05) is 6.20 Å². The first-order valence-electron chi connectivity index (χ1n) is 7.07. The molecule has 0 aliphatic heterocycles. The lowest BCUT2D eigenvalue weighted by atomic mass is 9.68. The van der Waals surface area contributed by atoms with Gasteiger partial charge in [0, 0.05) is 12.4 Å². The largest absolute Gasteiger partial charge is 0.467 e. The van der Waals surface area contributed by atoms with E-state index in [0.29, 0.717) is 16.5 Å². The summed E-state index contributed by atoms with van der Waals surface area (Å²) in [7, 11) is 0. The van der Waals surface area contributed by atoms with Crippen molar-refractivity contribution in [2.24, 2.45) is 17.3 Å². The molecule has 1 heterocycles. The summed E-state index contributed by atoms with van der Waals surface area (Å²) in [5, 5.41) is 0.517. The molecule has 1 aliphatic carbocycles. The Kier molecular flexibility index (Phi) is 4.29. The Balaban J connectivity index is 1.92. The van der Waals surface area contributed by atoms with E-state index in [1.165, 1.54) is 12.8 Å². The molecular formula is C15H24N2OS. The Hall–Kier alpha value is -0.900. The van der Waals surface area contributed by atoms with Crippen molar-refractivity contribution in [3.63, 3.8) is 0 Å². The van der Waals surface area contributed by atoms with Crippen molar-refractivity contribution in [1.29, 1.82) is 0 Å². The van der Waals surface area contributed by atoms with Crippen molar-refractivity contribution in [3.8, 4) is 0 Å². The van der Waals surface area contributed by atoms with Crippen LogP contribution in [0, 0.1) is 17.3 Å². The number of rotatable bonds is 1. The minimum absolute atomic E-state index is 0.244. The maximum atomic E-state index is 5.96. The van der Waals surface area contributed by atoms with Crippen molar-refractivity contribution in [3.05, 3.63) is 18.7 Å². The van der Waals surface area contributed by atoms with Gasteiger partial charge in [-0.3, -0.25) is 4.57 Å². The van der Waals surface area contributed by atoms with Gasteiger partial charge in [0.15, 0.2) is 0 Å². The molecule has 0 aromatic carbocycles. The zero-order valence-electron chi connectivity index (χ0n) is 12.3. The van der Waals surface area contributed by atoms with Gasteiger partial charge in [0.2, 0.25) is 0 Å². The Bertz CT molecular complexity index is 422. The lowest BCUT2D eigenvalue weighted by Gasteiger charge is -2.40. The molecule has 0 N–H and O–H groups in total. The van der Waals surface area contributed by atoms with Crippen LogP contribution in [0.1, 0.15) is 47.0 Å². The normalized spacial score (nSPS) is 28.1. The minimum Gasteiger partial charge on any atom is -0.467 e. The number of thiocarbonyl (C=S) groups is 1. The Labute approximate surface area is 121 Å². The van der Waals surface area contributed by atoms with E-state index in [0.717, 1.165) is 12.3 Å². The number of nitrogens with zero attached hydrogens (tertiary/aromatic N) is 2. The maximum Gasteiger partial charge on any atom is 0.269 e. The molecule has 3 nitrogen and oxygen atoms in total. The highest BCUT2D eigenvalue weighted by atomic mass is 32.1. The molecule has 0 saturated heterocycles. The zero-order valence-corrected chi connectivity index (χ0v) is 13.1. The van der Waals surface area contributed by atoms with Crippen LogP contribution in [0.15, 0.2) is 18.7 Å². The fourth-order valence-electron chi connectivity index (χ4n) is 2.89. The van der Waals surface area contributed by atoms with Crippen LogP contribution in [-0.4, -0.2) is 20.8 Å². The quantitative estimate of drug-likeness (QED) is 0.730. The first-order chi connectivity index (χ1) is 8.88. The Morgan fingerprint density at radius 3 is 2.63 bits per heavy atom. The van der Waals surface area contributed by atoms with E-state index in [1.54, 1.807) is 17.1 Å². The lowest BCUT2D eigenvalue weighted by molar-refractivity contribution is 0.0356. The summed E-state index contributed by atoms with van der Waals surface area (Å²) in [6, 6.07) is 0. The molecular weight excluding hydrogens is 256 g/mol. The zero-order chi connectivity index (χ0) is 14.0. The van der Waals surface area contributed by atoms with Gasteiger partial charge in [-0.05, 0) is 48.7 Å². The van der Waals surface area contributed by atoms with Gasteiger partial charge in [0.05, 0.1) is 0 Å². The molecule has 1 aliphatic rings. The molecule has 0 amide bonds. The van der Waals surface area contributed by atoms with E-state index in [-0.39, 0.29) is 6.10 Å². The molecule has 0 bridgehead atoms. The summed E-state index contributed by atoms with van der Waals surface area (Å²) in [6.07, 6.45) is 9.02. The maximum absolute atomic E-state index is 5.96. The highest BCUT2D eigenvalue weighted by Crippen LogP contribution is 2.41. The molecule has 1 aromatic heterocycles. The van der Waals surface area contributed by atoms with Crippen molar-refractivity contribution < 1.29 is 4.74 Å². The van der Waals surface area contributed by atoms with Gasteiger partial charge in [-0.25, -0.2) is 4.98 Å². The summed E-state index contributed by atoms with van der Waals surface area (Å²) in [4.78, 5) is 4.00. The average Bonchev–Trinajstić information content (AvgIpc) is 2.84. The van der Waals surface area contributed by atoms with Crippen LogP contribution in [0.2, 0.25) is 0 Å². The van der Waals surface area contributed by atoms with Crippen LogP contribution < -0.4 is 0 Å². The molecule has 106 valence electrons. The Morgan fingerprint density at radius 2 is 2.11 bits per heavy atom.